The quantitative estimate of drug-likeness (QED) is 0.682. The van der Waals surface area contributed by atoms with Crippen LogP contribution in [0.15, 0.2) is 42.6 Å². The average molecular weight is 280 g/mol. The fourth-order valence-corrected chi connectivity index (χ4v) is 1.27. The second kappa shape index (κ2) is 8.94. The van der Waals surface area contributed by atoms with Gasteiger partial charge in [-0.3, -0.25) is 9.78 Å². The van der Waals surface area contributed by atoms with E-state index in [1.54, 1.807) is 19.4 Å². The molecule has 0 aromatic carbocycles. The van der Waals surface area contributed by atoms with E-state index in [1.165, 1.54) is 0 Å². The number of hydrogen-bond donors (Lipinski definition) is 1. The molecule has 0 bridgehead atoms. The maximum Gasteiger partial charge on any atom is 0.224 e. The molecule has 0 atom stereocenters. The number of carbonyl (C=O) groups is 1. The lowest BCUT2D eigenvalue weighted by Crippen LogP contribution is -2.19. The third-order valence-corrected chi connectivity index (χ3v) is 2.07. The van der Waals surface area contributed by atoms with Crippen LogP contribution in [0.25, 0.3) is 0 Å². The fourth-order valence-electron chi connectivity index (χ4n) is 1.27. The summed E-state index contributed by atoms with van der Waals surface area (Å²) in [4.78, 5) is 14.7. The summed E-state index contributed by atoms with van der Waals surface area (Å²) in [5, 5.41) is 2.55. The van der Waals surface area contributed by atoms with Crippen molar-refractivity contribution < 1.29 is 12.4 Å². The van der Waals surface area contributed by atoms with Crippen LogP contribution < -0.4 is 5.32 Å². The Labute approximate surface area is 124 Å². The van der Waals surface area contributed by atoms with Crippen molar-refractivity contribution in [2.75, 3.05) is 7.05 Å². The highest BCUT2D eigenvalue weighted by molar-refractivity contribution is 5.78. The first kappa shape index (κ1) is 17.9. The summed E-state index contributed by atoms with van der Waals surface area (Å²) < 4.78 is 5.33. The number of pyridine rings is 1. The van der Waals surface area contributed by atoms with Gasteiger partial charge in [0.15, 0.2) is 0 Å². The Morgan fingerprint density at radius 3 is 2.55 bits per heavy atom. The van der Waals surface area contributed by atoms with Gasteiger partial charge in [-0.15, -0.1) is 0 Å². The van der Waals surface area contributed by atoms with Crippen molar-refractivity contribution in [3.05, 3.63) is 48.2 Å². The van der Waals surface area contributed by atoms with Crippen molar-refractivity contribution >= 4 is 5.91 Å². The summed E-state index contributed by atoms with van der Waals surface area (Å²) in [6.45, 7) is 11.3. The standard InChI is InChI=1S/C8H10N2O.C8H14O.2H2/c1-9-8(11)5-7-3-2-4-10-6-7;1-6-7(2)9-8(3,4)5;;/h2-4,6H,5H2,1H3,(H,9,11);1H2,2-5H3;2*1H. The monoisotopic (exact) mass is 280 g/mol. The largest absolute Gasteiger partial charge is 0.485 e. The van der Waals surface area contributed by atoms with Gasteiger partial charge < -0.3 is 10.1 Å². The van der Waals surface area contributed by atoms with Gasteiger partial charge >= 0.3 is 0 Å². The average Bonchev–Trinajstić information content (AvgIpc) is 2.38. The molecule has 0 radical (unpaired) electrons. The van der Waals surface area contributed by atoms with Crippen molar-refractivity contribution in [3.8, 4) is 0 Å². The van der Waals surface area contributed by atoms with E-state index < -0.39 is 0 Å². The Morgan fingerprint density at radius 1 is 1.55 bits per heavy atom. The van der Waals surface area contributed by atoms with Crippen molar-refractivity contribution in [2.24, 2.45) is 0 Å². The van der Waals surface area contributed by atoms with E-state index in [0.29, 0.717) is 6.42 Å². The van der Waals surface area contributed by atoms with Gasteiger partial charge in [-0.2, -0.15) is 0 Å². The maximum atomic E-state index is 10.8. The predicted molar refractivity (Wildman–Crippen MR) is 85.4 cm³/mol. The number of allylic oxidation sites excluding steroid dienone is 1. The zero-order chi connectivity index (χ0) is 15.6. The molecule has 114 valence electrons. The van der Waals surface area contributed by atoms with Crippen LogP contribution >= 0.6 is 0 Å². The number of amides is 1. The number of nitrogens with one attached hydrogen (secondary N) is 1. The zero-order valence-corrected chi connectivity index (χ0v) is 13.0. The number of aromatic nitrogens is 1. The molecule has 4 heteroatoms. The van der Waals surface area contributed by atoms with Crippen LogP contribution in [-0.4, -0.2) is 23.5 Å². The fraction of sp³-hybridized carbons (Fsp3) is 0.438. The molecule has 1 heterocycles. The molecule has 0 saturated heterocycles. The van der Waals surface area contributed by atoms with Gasteiger partial charge in [-0.25, -0.2) is 0 Å². The molecule has 1 N–H and O–H groups in total. The van der Waals surface area contributed by atoms with E-state index in [0.717, 1.165) is 11.3 Å². The molecular formula is C16H28N2O2. The molecule has 1 amide bonds. The summed E-state index contributed by atoms with van der Waals surface area (Å²) in [7, 11) is 1.62. The van der Waals surface area contributed by atoms with Crippen molar-refractivity contribution in [2.45, 2.75) is 39.7 Å². The number of nitrogens with zero attached hydrogens (tertiary/aromatic N) is 1. The molecular weight excluding hydrogens is 252 g/mol. The molecule has 0 spiro atoms. The van der Waals surface area contributed by atoms with E-state index in [9.17, 15) is 4.79 Å². The lowest BCUT2D eigenvalue weighted by molar-refractivity contribution is -0.119. The highest BCUT2D eigenvalue weighted by Gasteiger charge is 2.09. The van der Waals surface area contributed by atoms with Crippen LogP contribution in [0, 0.1) is 0 Å². The normalized spacial score (nSPS) is 9.65. The summed E-state index contributed by atoms with van der Waals surface area (Å²) in [5.41, 5.74) is 3.49. The molecule has 0 saturated carbocycles. The molecule has 1 rings (SSSR count). The first-order chi connectivity index (χ1) is 9.28. The van der Waals surface area contributed by atoms with Gasteiger partial charge in [-0.1, -0.05) is 18.4 Å². The SMILES string of the molecule is C=C=C(C)OC(C)(C)C.CNC(=O)Cc1cccnc1.[HH].[HH]. The van der Waals surface area contributed by atoms with Gasteiger partial charge in [0, 0.05) is 29.2 Å². The lowest BCUT2D eigenvalue weighted by Gasteiger charge is -2.20. The Hall–Kier alpha value is -2.06. The highest BCUT2D eigenvalue weighted by atomic mass is 16.5. The number of rotatable bonds is 3. The molecule has 1 aromatic heterocycles. The van der Waals surface area contributed by atoms with Gasteiger partial charge in [0.25, 0.3) is 0 Å². The molecule has 0 aliphatic rings. The summed E-state index contributed by atoms with van der Waals surface area (Å²) in [6, 6.07) is 3.69. The molecule has 1 aromatic rings. The Kier molecular flexibility index (Phi) is 8.02. The number of hydrogen-bond acceptors (Lipinski definition) is 3. The highest BCUT2D eigenvalue weighted by Crippen LogP contribution is 2.11. The number of likely N-dealkylation sites (N-methyl/N-ethyl adjacent to an activating group) is 1. The minimum absolute atomic E-state index is 0. The van der Waals surface area contributed by atoms with Crippen molar-refractivity contribution in [1.29, 1.82) is 0 Å². The third-order valence-electron chi connectivity index (χ3n) is 2.07. The van der Waals surface area contributed by atoms with Crippen LogP contribution in [0.5, 0.6) is 0 Å². The Balaban J connectivity index is -0.000000307. The zero-order valence-electron chi connectivity index (χ0n) is 13.0. The van der Waals surface area contributed by atoms with Crippen LogP contribution in [0.3, 0.4) is 0 Å². The van der Waals surface area contributed by atoms with Crippen LogP contribution in [0.4, 0.5) is 0 Å². The van der Waals surface area contributed by atoms with E-state index >= 15 is 0 Å². The molecule has 0 fully saturated rings. The molecule has 0 aliphatic heterocycles. The first-order valence-electron chi connectivity index (χ1n) is 6.43. The van der Waals surface area contributed by atoms with Gasteiger partial charge in [0.1, 0.15) is 11.4 Å². The third kappa shape index (κ3) is 9.92. The van der Waals surface area contributed by atoms with Crippen molar-refractivity contribution in [3.63, 3.8) is 0 Å². The van der Waals surface area contributed by atoms with Gasteiger partial charge in [0.05, 0.1) is 6.42 Å². The van der Waals surface area contributed by atoms with Crippen LogP contribution in [0.2, 0.25) is 0 Å². The number of ether oxygens (including phenoxy) is 1. The smallest absolute Gasteiger partial charge is 0.224 e. The first-order valence-corrected chi connectivity index (χ1v) is 6.43. The van der Waals surface area contributed by atoms with Gasteiger partial charge in [-0.05, 0) is 32.4 Å². The van der Waals surface area contributed by atoms with Crippen LogP contribution in [0.1, 0.15) is 36.1 Å². The minimum atomic E-state index is -0.116. The van der Waals surface area contributed by atoms with Crippen molar-refractivity contribution in [1.82, 2.24) is 10.3 Å². The lowest BCUT2D eigenvalue weighted by atomic mass is 10.2. The second-order valence-electron chi connectivity index (χ2n) is 5.16. The summed E-state index contributed by atoms with van der Waals surface area (Å²) >= 11 is 0. The predicted octanol–water partition coefficient (Wildman–Crippen LogP) is 3.35. The molecule has 20 heavy (non-hydrogen) atoms. The van der Waals surface area contributed by atoms with E-state index in [-0.39, 0.29) is 14.4 Å². The molecule has 0 unspecified atom stereocenters. The Bertz CT molecular complexity index is 465. The summed E-state index contributed by atoms with van der Waals surface area (Å²) in [5.74, 6) is 0.764. The van der Waals surface area contributed by atoms with E-state index in [4.69, 9.17) is 4.74 Å². The maximum absolute atomic E-state index is 10.8. The molecule has 0 aliphatic carbocycles. The molecule has 4 nitrogen and oxygen atoms in total. The Morgan fingerprint density at radius 2 is 2.20 bits per heavy atom. The van der Waals surface area contributed by atoms with E-state index in [1.807, 2.05) is 39.8 Å². The second-order valence-corrected chi connectivity index (χ2v) is 5.16. The minimum Gasteiger partial charge on any atom is -0.485 e. The summed E-state index contributed by atoms with van der Waals surface area (Å²) in [6.07, 6.45) is 3.78. The van der Waals surface area contributed by atoms with Gasteiger partial charge in [0.2, 0.25) is 5.91 Å². The van der Waals surface area contributed by atoms with E-state index in [2.05, 4.69) is 22.6 Å². The number of carbonyl (C=O) groups excluding carboxylic acids is 1. The van der Waals surface area contributed by atoms with Crippen LogP contribution in [-0.2, 0) is 16.0 Å². The topological polar surface area (TPSA) is 51.2 Å².